The second kappa shape index (κ2) is 10.6. The highest BCUT2D eigenvalue weighted by Crippen LogP contribution is 2.55. The van der Waals surface area contributed by atoms with Gasteiger partial charge < -0.3 is 0 Å². The van der Waals surface area contributed by atoms with Crippen LogP contribution in [0.2, 0.25) is 0 Å². The summed E-state index contributed by atoms with van der Waals surface area (Å²) in [5, 5.41) is 6.08. The Morgan fingerprint density at radius 3 is 1.00 bits per heavy atom. The van der Waals surface area contributed by atoms with Gasteiger partial charge in [0.25, 0.3) is 0 Å². The third-order valence-electron chi connectivity index (χ3n) is 7.86. The summed E-state index contributed by atoms with van der Waals surface area (Å²) >= 11 is 0. The molecule has 0 N–H and O–H groups in total. The van der Waals surface area contributed by atoms with E-state index in [1.165, 1.54) is 40.0 Å². The monoisotopic (exact) mass is 490 g/mol. The number of rotatable bonds is 8. The standard InChI is InChI=1S/C33H32P2/c1-5-13-28(14-6-1)34(29-15-7-2-8-16-29)24-32-26-21-22-27(23-26)33(32)25-35(30-17-9-3-10-18-30)31-19-11-4-12-20-31/h1-22,26-27,32-33H,23-25H2/t26?,27?,32-,33+. The molecule has 0 heterocycles. The lowest BCUT2D eigenvalue weighted by molar-refractivity contribution is 0.375. The minimum atomic E-state index is -0.360. The predicted octanol–water partition coefficient (Wildman–Crippen LogP) is 6.69. The molecule has 1 fully saturated rings. The van der Waals surface area contributed by atoms with Crippen LogP contribution in [-0.4, -0.2) is 12.3 Å². The highest BCUT2D eigenvalue weighted by molar-refractivity contribution is 7.73. The van der Waals surface area contributed by atoms with Crippen LogP contribution in [0.25, 0.3) is 0 Å². The van der Waals surface area contributed by atoms with E-state index < -0.39 is 0 Å². The maximum atomic E-state index is 2.56. The molecule has 0 radical (unpaired) electrons. The first-order valence-electron chi connectivity index (χ1n) is 12.8. The fourth-order valence-corrected chi connectivity index (χ4v) is 11.6. The van der Waals surface area contributed by atoms with Crippen molar-refractivity contribution in [2.45, 2.75) is 6.42 Å². The van der Waals surface area contributed by atoms with Gasteiger partial charge in [0.1, 0.15) is 0 Å². The summed E-state index contributed by atoms with van der Waals surface area (Å²) in [5.74, 6) is 3.00. The van der Waals surface area contributed by atoms with Crippen molar-refractivity contribution in [2.75, 3.05) is 12.3 Å². The van der Waals surface area contributed by atoms with Crippen LogP contribution in [0.1, 0.15) is 6.42 Å². The van der Waals surface area contributed by atoms with Crippen LogP contribution in [0.5, 0.6) is 0 Å². The van der Waals surface area contributed by atoms with Crippen molar-refractivity contribution >= 4 is 37.1 Å². The molecule has 0 amide bonds. The Balaban J connectivity index is 1.33. The Hall–Kier alpha value is -2.52. The van der Waals surface area contributed by atoms with Gasteiger partial charge >= 0.3 is 0 Å². The van der Waals surface area contributed by atoms with Crippen molar-refractivity contribution < 1.29 is 0 Å². The quantitative estimate of drug-likeness (QED) is 0.191. The zero-order valence-corrected chi connectivity index (χ0v) is 21.8. The zero-order valence-electron chi connectivity index (χ0n) is 20.0. The third kappa shape index (κ3) is 4.93. The van der Waals surface area contributed by atoms with Gasteiger partial charge in [-0.25, -0.2) is 0 Å². The van der Waals surface area contributed by atoms with Crippen LogP contribution < -0.4 is 21.2 Å². The Morgan fingerprint density at radius 1 is 0.429 bits per heavy atom. The fourth-order valence-electron chi connectivity index (χ4n) is 6.14. The van der Waals surface area contributed by atoms with Crippen LogP contribution in [0.15, 0.2) is 133 Å². The second-order valence-electron chi connectivity index (χ2n) is 9.84. The van der Waals surface area contributed by atoms with E-state index in [-0.39, 0.29) is 15.8 Å². The topological polar surface area (TPSA) is 0 Å². The molecule has 2 aliphatic rings. The molecule has 2 unspecified atom stereocenters. The second-order valence-corrected chi connectivity index (χ2v) is 14.3. The van der Waals surface area contributed by atoms with Gasteiger partial charge in [-0.3, -0.25) is 0 Å². The normalized spacial score (nSPS) is 22.8. The Bertz CT molecular complexity index is 1060. The summed E-state index contributed by atoms with van der Waals surface area (Å²) in [5.41, 5.74) is 0. The molecule has 0 saturated heterocycles. The van der Waals surface area contributed by atoms with Crippen LogP contribution in [0.3, 0.4) is 0 Å². The molecule has 0 nitrogen and oxygen atoms in total. The van der Waals surface area contributed by atoms with Gasteiger partial charge in [-0.2, -0.15) is 0 Å². The van der Waals surface area contributed by atoms with Gasteiger partial charge in [-0.05, 0) is 79.5 Å². The van der Waals surface area contributed by atoms with Gasteiger partial charge in [-0.15, -0.1) is 0 Å². The number of allylic oxidation sites excluding steroid dienone is 2. The number of fused-ring (bicyclic) bond motifs is 2. The van der Waals surface area contributed by atoms with E-state index in [2.05, 4.69) is 133 Å². The maximum Gasteiger partial charge on any atom is -0.0193 e. The Labute approximate surface area is 212 Å². The SMILES string of the molecule is C1=CC2CC1[C@@H](CP(c1ccccc1)c1ccccc1)[C@H]2CP(c1ccccc1)c1ccccc1. The van der Waals surface area contributed by atoms with E-state index in [4.69, 9.17) is 0 Å². The number of hydrogen-bond donors (Lipinski definition) is 0. The van der Waals surface area contributed by atoms with Crippen LogP contribution in [0, 0.1) is 23.7 Å². The van der Waals surface area contributed by atoms with E-state index >= 15 is 0 Å². The molecule has 0 aliphatic heterocycles. The molecule has 4 aromatic rings. The van der Waals surface area contributed by atoms with Crippen LogP contribution in [0.4, 0.5) is 0 Å². The Morgan fingerprint density at radius 2 is 0.714 bits per heavy atom. The van der Waals surface area contributed by atoms with Crippen molar-refractivity contribution in [3.05, 3.63) is 133 Å². The molecule has 35 heavy (non-hydrogen) atoms. The molecule has 174 valence electrons. The Kier molecular flexibility index (Phi) is 6.95. The summed E-state index contributed by atoms with van der Waals surface area (Å²) in [6, 6.07) is 45.2. The lowest BCUT2D eigenvalue weighted by atomic mass is 9.86. The van der Waals surface area contributed by atoms with Gasteiger partial charge in [0.15, 0.2) is 0 Å². The van der Waals surface area contributed by atoms with E-state index in [0.29, 0.717) is 0 Å². The molecular weight excluding hydrogens is 458 g/mol. The van der Waals surface area contributed by atoms with Crippen molar-refractivity contribution in [1.82, 2.24) is 0 Å². The van der Waals surface area contributed by atoms with Gasteiger partial charge in [-0.1, -0.05) is 133 Å². The van der Waals surface area contributed by atoms with Crippen LogP contribution >= 0.6 is 15.8 Å². The van der Waals surface area contributed by atoms with Crippen molar-refractivity contribution in [3.8, 4) is 0 Å². The fraction of sp³-hybridized carbons (Fsp3) is 0.212. The van der Waals surface area contributed by atoms with Crippen molar-refractivity contribution in [1.29, 1.82) is 0 Å². The lowest BCUT2D eigenvalue weighted by Crippen LogP contribution is -2.30. The smallest absolute Gasteiger partial charge is 0.0193 e. The molecule has 2 aliphatic carbocycles. The first-order chi connectivity index (χ1) is 17.4. The molecule has 1 saturated carbocycles. The third-order valence-corrected chi connectivity index (χ3v) is 13.1. The minimum Gasteiger partial charge on any atom is -0.0848 e. The van der Waals surface area contributed by atoms with Crippen molar-refractivity contribution in [3.63, 3.8) is 0 Å². The molecule has 0 aromatic heterocycles. The predicted molar refractivity (Wildman–Crippen MR) is 156 cm³/mol. The molecule has 2 bridgehead atoms. The summed E-state index contributed by atoms with van der Waals surface area (Å²) in [4.78, 5) is 0. The van der Waals surface area contributed by atoms with Gasteiger partial charge in [0.05, 0.1) is 0 Å². The number of benzene rings is 4. The first kappa shape index (κ1) is 22.9. The van der Waals surface area contributed by atoms with E-state index in [1.54, 1.807) is 0 Å². The first-order valence-corrected chi connectivity index (χ1v) is 15.9. The molecular formula is C33H32P2. The average Bonchev–Trinajstić information content (AvgIpc) is 3.54. The average molecular weight is 491 g/mol. The summed E-state index contributed by atoms with van der Waals surface area (Å²) in [7, 11) is -0.721. The summed E-state index contributed by atoms with van der Waals surface area (Å²) < 4.78 is 0. The molecule has 0 spiro atoms. The lowest BCUT2D eigenvalue weighted by Gasteiger charge is -2.34. The molecule has 6 rings (SSSR count). The van der Waals surface area contributed by atoms with Crippen LogP contribution in [-0.2, 0) is 0 Å². The maximum absolute atomic E-state index is 2.56. The molecule has 2 heteroatoms. The van der Waals surface area contributed by atoms with Crippen molar-refractivity contribution in [2.24, 2.45) is 23.7 Å². The van der Waals surface area contributed by atoms with E-state index in [0.717, 1.165) is 23.7 Å². The zero-order chi connectivity index (χ0) is 23.5. The molecule has 4 atom stereocenters. The highest BCUT2D eigenvalue weighted by atomic mass is 31.1. The van der Waals surface area contributed by atoms with Gasteiger partial charge in [0.2, 0.25) is 0 Å². The molecule has 4 aromatic carbocycles. The largest absolute Gasteiger partial charge is 0.0848 e. The van der Waals surface area contributed by atoms with Gasteiger partial charge in [0, 0.05) is 0 Å². The van der Waals surface area contributed by atoms with E-state index in [9.17, 15) is 0 Å². The number of hydrogen-bond acceptors (Lipinski definition) is 0. The summed E-state index contributed by atoms with van der Waals surface area (Å²) in [6.07, 6.45) is 9.07. The summed E-state index contributed by atoms with van der Waals surface area (Å²) in [6.45, 7) is 0. The van der Waals surface area contributed by atoms with E-state index in [1.807, 2.05) is 0 Å². The minimum absolute atomic E-state index is 0.360. The highest BCUT2D eigenvalue weighted by Gasteiger charge is 2.46.